The molecule has 4 aliphatic carbocycles. The first kappa shape index (κ1) is 44.3. The van der Waals surface area contributed by atoms with Crippen LogP contribution in [0.3, 0.4) is 0 Å². The SMILES string of the molecule is CCCCC1[C]([Zr+2][CH]2c3cc(-c4c(C)cc(C)cc4C)ccc3-c3ccc(-c4c(C)cc(C)cc4C)cc32)=C2C(C(C)(C)C)=C1C2(c1ccccc1)c1ccccc1.[Cl-].[Cl-]. The summed E-state index contributed by atoms with van der Waals surface area (Å²) in [6.07, 6.45) is 3.71. The van der Waals surface area contributed by atoms with E-state index in [2.05, 4.69) is 191 Å². The van der Waals surface area contributed by atoms with Crippen molar-refractivity contribution in [2.24, 2.45) is 11.3 Å². The molecule has 0 heterocycles. The zero-order valence-corrected chi connectivity index (χ0v) is 41.0. The number of aryl methyl sites for hydroxylation is 6. The summed E-state index contributed by atoms with van der Waals surface area (Å²) in [5, 5.41) is 0. The van der Waals surface area contributed by atoms with Crippen LogP contribution in [0.5, 0.6) is 0 Å². The molecule has 3 heteroatoms. The maximum atomic E-state index is 2.63. The van der Waals surface area contributed by atoms with E-state index in [9.17, 15) is 0 Å². The molecule has 304 valence electrons. The standard InChI is InChI=1S/C31H29.C26H29.2ClH.Zr/c1-18-11-20(3)30(21(4)12-18)24-7-9-28-26(15-24)17-27-16-25(8-10-29(27)28)31-22(5)13-19(2)14-23(31)6;1-5-6-13-19-18-22-24(25(2,3)4)23(19)26(22,20-14-9-7-10-15-20)21-16-11-8-12-17-21;;;/h7-17H,1-6H3;7-12,14-17,19H,5-6,13H2,1-4H3;2*1H;/q;;;;+2/p-2. The van der Waals surface area contributed by atoms with E-state index < -0.39 is 23.2 Å². The van der Waals surface area contributed by atoms with Gasteiger partial charge in [0, 0.05) is 0 Å². The summed E-state index contributed by atoms with van der Waals surface area (Å²) in [6.45, 7) is 23.5. The molecule has 0 aliphatic heterocycles. The van der Waals surface area contributed by atoms with E-state index >= 15 is 0 Å². The molecule has 0 radical (unpaired) electrons. The Balaban J connectivity index is 0.00000272. The number of allylic oxidation sites excluding steroid dienone is 4. The predicted molar refractivity (Wildman–Crippen MR) is 243 cm³/mol. The average Bonchev–Trinajstić information content (AvgIpc) is 3.77. The number of unbranched alkanes of at least 4 members (excludes halogenated alkanes) is 1. The van der Waals surface area contributed by atoms with E-state index in [1.807, 2.05) is 3.28 Å². The molecule has 6 aromatic rings. The van der Waals surface area contributed by atoms with Crippen molar-refractivity contribution < 1.29 is 48.0 Å². The summed E-state index contributed by atoms with van der Waals surface area (Å²) in [5.41, 5.74) is 27.6. The van der Waals surface area contributed by atoms with Crippen LogP contribution < -0.4 is 24.8 Å². The van der Waals surface area contributed by atoms with E-state index in [-0.39, 0.29) is 35.6 Å². The summed E-state index contributed by atoms with van der Waals surface area (Å²) in [4.78, 5) is 0. The molecule has 0 saturated carbocycles. The topological polar surface area (TPSA) is 0 Å². The fourth-order valence-corrected chi connectivity index (χ4v) is 16.6. The second-order valence-corrected chi connectivity index (χ2v) is 22.2. The van der Waals surface area contributed by atoms with Crippen LogP contribution in [0.1, 0.15) is 106 Å². The summed E-state index contributed by atoms with van der Waals surface area (Å²) in [6, 6.07) is 47.7. The van der Waals surface area contributed by atoms with Gasteiger partial charge in [-0.25, -0.2) is 0 Å². The number of hydrogen-bond acceptors (Lipinski definition) is 0. The van der Waals surface area contributed by atoms with Crippen molar-refractivity contribution in [3.05, 3.63) is 197 Å². The molecule has 4 aliphatic rings. The van der Waals surface area contributed by atoms with E-state index in [0.717, 1.165) is 0 Å². The number of benzene rings is 6. The van der Waals surface area contributed by atoms with Gasteiger partial charge in [-0.15, -0.1) is 0 Å². The van der Waals surface area contributed by atoms with Gasteiger partial charge < -0.3 is 24.8 Å². The monoisotopic (exact) mass is 902 g/mol. The number of hydrogen-bond donors (Lipinski definition) is 0. The molecule has 1 unspecified atom stereocenters. The minimum atomic E-state index is -1.34. The van der Waals surface area contributed by atoms with Crippen molar-refractivity contribution in [2.45, 2.75) is 97.5 Å². The van der Waals surface area contributed by atoms with Crippen LogP contribution in [-0.4, -0.2) is 0 Å². The van der Waals surface area contributed by atoms with Gasteiger partial charge in [0.05, 0.1) is 0 Å². The molecule has 2 bridgehead atoms. The zero-order chi connectivity index (χ0) is 40.7. The summed E-state index contributed by atoms with van der Waals surface area (Å²) in [7, 11) is 0. The maximum Gasteiger partial charge on any atom is -1.00 e. The molecule has 1 atom stereocenters. The van der Waals surface area contributed by atoms with Crippen LogP contribution in [0.25, 0.3) is 33.4 Å². The smallest absolute Gasteiger partial charge is 1.00 e. The van der Waals surface area contributed by atoms with Crippen LogP contribution in [0.15, 0.2) is 141 Å². The van der Waals surface area contributed by atoms with E-state index in [1.165, 1.54) is 97.2 Å². The Kier molecular flexibility index (Phi) is 12.4. The first-order chi connectivity index (χ1) is 27.8. The third kappa shape index (κ3) is 7.00. The molecule has 0 saturated heterocycles. The Morgan fingerprint density at radius 1 is 0.567 bits per heavy atom. The molecule has 0 fully saturated rings. The second-order valence-electron chi connectivity index (χ2n) is 18.7. The number of fused-ring (bicyclic) bond motifs is 4. The van der Waals surface area contributed by atoms with Crippen LogP contribution in [0.4, 0.5) is 0 Å². The summed E-state index contributed by atoms with van der Waals surface area (Å²) in [5.74, 6) is 0.498. The van der Waals surface area contributed by atoms with E-state index in [4.69, 9.17) is 0 Å². The predicted octanol–water partition coefficient (Wildman–Crippen LogP) is 9.45. The van der Waals surface area contributed by atoms with Crippen LogP contribution in [0, 0.1) is 52.9 Å². The van der Waals surface area contributed by atoms with Crippen LogP contribution >= 0.6 is 0 Å². The molecule has 0 amide bonds. The molecular weight excluding hydrogens is 847 g/mol. The molecule has 10 rings (SSSR count). The largest absolute Gasteiger partial charge is 1.00 e. The Morgan fingerprint density at radius 3 is 1.40 bits per heavy atom. The van der Waals surface area contributed by atoms with Crippen molar-refractivity contribution >= 4 is 0 Å². The van der Waals surface area contributed by atoms with Crippen molar-refractivity contribution in [1.29, 1.82) is 0 Å². The zero-order valence-electron chi connectivity index (χ0n) is 37.1. The van der Waals surface area contributed by atoms with Gasteiger partial charge in [0.2, 0.25) is 0 Å². The van der Waals surface area contributed by atoms with Gasteiger partial charge in [0.1, 0.15) is 0 Å². The number of halogens is 2. The maximum absolute atomic E-state index is 2.63. The van der Waals surface area contributed by atoms with Gasteiger partial charge in [-0.3, -0.25) is 0 Å². The van der Waals surface area contributed by atoms with Crippen LogP contribution in [0.2, 0.25) is 0 Å². The van der Waals surface area contributed by atoms with Gasteiger partial charge >= 0.3 is 362 Å². The normalized spacial score (nSPS) is 16.1. The molecular formula is C57H58Cl2Zr. The molecule has 0 nitrogen and oxygen atoms in total. The minimum absolute atomic E-state index is 0. The summed E-state index contributed by atoms with van der Waals surface area (Å²) >= 11 is -1.34. The van der Waals surface area contributed by atoms with Crippen molar-refractivity contribution in [3.8, 4) is 33.4 Å². The molecule has 0 spiro atoms. The fraction of sp³-hybridized carbons (Fsp3) is 0.298. The van der Waals surface area contributed by atoms with Gasteiger partial charge in [0.15, 0.2) is 0 Å². The van der Waals surface area contributed by atoms with Crippen molar-refractivity contribution in [1.82, 2.24) is 0 Å². The second kappa shape index (κ2) is 16.9. The molecule has 0 N–H and O–H groups in total. The Morgan fingerprint density at radius 2 is 1.00 bits per heavy atom. The van der Waals surface area contributed by atoms with Crippen molar-refractivity contribution in [2.75, 3.05) is 0 Å². The first-order valence-corrected chi connectivity index (χ1v) is 24.3. The van der Waals surface area contributed by atoms with Gasteiger partial charge in [-0.1, -0.05) is 0 Å². The minimum Gasteiger partial charge on any atom is -1.00 e. The van der Waals surface area contributed by atoms with Gasteiger partial charge in [0.25, 0.3) is 0 Å². The van der Waals surface area contributed by atoms with Gasteiger partial charge in [-0.05, 0) is 0 Å². The molecule has 6 aromatic carbocycles. The first-order valence-electron chi connectivity index (χ1n) is 21.7. The number of rotatable bonds is 9. The van der Waals surface area contributed by atoms with E-state index in [0.29, 0.717) is 9.54 Å². The average molecular weight is 905 g/mol. The Bertz CT molecular complexity index is 2480. The Labute approximate surface area is 384 Å². The quantitative estimate of drug-likeness (QED) is 0.136. The summed E-state index contributed by atoms with van der Waals surface area (Å²) < 4.78 is 2.28. The third-order valence-electron chi connectivity index (χ3n) is 13.5. The van der Waals surface area contributed by atoms with Crippen LogP contribution in [-0.2, 0) is 28.6 Å². The molecule has 0 aromatic heterocycles. The Hall–Kier alpha value is -3.74. The van der Waals surface area contributed by atoms with Crippen molar-refractivity contribution in [3.63, 3.8) is 0 Å². The van der Waals surface area contributed by atoms with Gasteiger partial charge in [-0.2, -0.15) is 0 Å². The third-order valence-corrected chi connectivity index (χ3v) is 18.0. The fourth-order valence-electron chi connectivity index (χ4n) is 11.6. The molecule has 60 heavy (non-hydrogen) atoms. The van der Waals surface area contributed by atoms with E-state index in [1.54, 1.807) is 27.8 Å².